The Morgan fingerprint density at radius 2 is 2.37 bits per heavy atom. The van der Waals surface area contributed by atoms with Gasteiger partial charge in [-0.25, -0.2) is 4.79 Å². The van der Waals surface area contributed by atoms with E-state index in [4.69, 9.17) is 9.84 Å². The SMILES string of the molecule is CNCCCC1COc2ccc(C(=O)O)cc2N1C. The molecule has 1 aromatic carbocycles. The van der Waals surface area contributed by atoms with Crippen LogP contribution < -0.4 is 15.0 Å². The smallest absolute Gasteiger partial charge is 0.335 e. The largest absolute Gasteiger partial charge is 0.489 e. The maximum Gasteiger partial charge on any atom is 0.335 e. The number of nitrogens with zero attached hydrogens (tertiary/aromatic N) is 1. The van der Waals surface area contributed by atoms with Crippen LogP contribution >= 0.6 is 0 Å². The summed E-state index contributed by atoms with van der Waals surface area (Å²) >= 11 is 0. The van der Waals surface area contributed by atoms with Crippen LogP contribution in [0.4, 0.5) is 5.69 Å². The first-order valence-electron chi connectivity index (χ1n) is 6.51. The second kappa shape index (κ2) is 5.93. The Kier molecular flexibility index (Phi) is 4.27. The molecular weight excluding hydrogens is 244 g/mol. The Bertz CT molecular complexity index is 462. The van der Waals surface area contributed by atoms with Crippen molar-refractivity contribution in [2.24, 2.45) is 0 Å². The predicted octanol–water partition coefficient (Wildman–Crippen LogP) is 1.58. The van der Waals surface area contributed by atoms with Gasteiger partial charge in [0.05, 0.1) is 17.3 Å². The summed E-state index contributed by atoms with van der Waals surface area (Å²) in [6.45, 7) is 1.63. The second-order valence-electron chi connectivity index (χ2n) is 4.81. The third kappa shape index (κ3) is 2.98. The van der Waals surface area contributed by atoms with Gasteiger partial charge in [-0.15, -0.1) is 0 Å². The molecule has 0 aliphatic carbocycles. The molecule has 0 radical (unpaired) electrons. The highest BCUT2D eigenvalue weighted by Gasteiger charge is 2.25. The van der Waals surface area contributed by atoms with Crippen LogP contribution in [-0.2, 0) is 0 Å². The highest BCUT2D eigenvalue weighted by Crippen LogP contribution is 2.34. The Balaban J connectivity index is 2.14. The van der Waals surface area contributed by atoms with Crippen LogP contribution in [0.25, 0.3) is 0 Å². The molecule has 104 valence electrons. The van der Waals surface area contributed by atoms with Crippen LogP contribution in [0.2, 0.25) is 0 Å². The van der Waals surface area contributed by atoms with E-state index in [0.717, 1.165) is 30.8 Å². The summed E-state index contributed by atoms with van der Waals surface area (Å²) in [6, 6.07) is 5.29. The number of carboxylic acid groups (broad SMARTS) is 1. The van der Waals surface area contributed by atoms with Crippen molar-refractivity contribution in [1.82, 2.24) is 5.32 Å². The van der Waals surface area contributed by atoms with E-state index in [1.807, 2.05) is 14.1 Å². The van der Waals surface area contributed by atoms with Crippen molar-refractivity contribution in [3.63, 3.8) is 0 Å². The predicted molar refractivity (Wildman–Crippen MR) is 74.2 cm³/mol. The molecule has 0 fully saturated rings. The van der Waals surface area contributed by atoms with Gasteiger partial charge in [-0.1, -0.05) is 0 Å². The van der Waals surface area contributed by atoms with Gasteiger partial charge in [0.15, 0.2) is 0 Å². The van der Waals surface area contributed by atoms with Crippen molar-refractivity contribution in [3.8, 4) is 5.75 Å². The Hall–Kier alpha value is -1.75. The van der Waals surface area contributed by atoms with Gasteiger partial charge in [0.1, 0.15) is 12.4 Å². The van der Waals surface area contributed by atoms with Crippen molar-refractivity contribution in [2.75, 3.05) is 32.1 Å². The van der Waals surface area contributed by atoms with E-state index < -0.39 is 5.97 Å². The maximum absolute atomic E-state index is 11.0. The van der Waals surface area contributed by atoms with E-state index in [1.54, 1.807) is 18.2 Å². The first kappa shape index (κ1) is 13.7. The van der Waals surface area contributed by atoms with E-state index in [-0.39, 0.29) is 0 Å². The fourth-order valence-corrected chi connectivity index (χ4v) is 2.33. The molecule has 19 heavy (non-hydrogen) atoms. The molecule has 0 saturated carbocycles. The van der Waals surface area contributed by atoms with Crippen LogP contribution in [0.15, 0.2) is 18.2 Å². The zero-order valence-corrected chi connectivity index (χ0v) is 11.3. The molecule has 1 atom stereocenters. The molecule has 2 rings (SSSR count). The van der Waals surface area contributed by atoms with Gasteiger partial charge in [-0.2, -0.15) is 0 Å². The average molecular weight is 264 g/mol. The second-order valence-corrected chi connectivity index (χ2v) is 4.81. The molecule has 1 aromatic rings. The molecule has 5 heteroatoms. The van der Waals surface area contributed by atoms with Gasteiger partial charge < -0.3 is 20.1 Å². The Morgan fingerprint density at radius 1 is 1.58 bits per heavy atom. The molecular formula is C14H20N2O3. The van der Waals surface area contributed by atoms with E-state index in [1.165, 1.54) is 0 Å². The summed E-state index contributed by atoms with van der Waals surface area (Å²) in [5.41, 5.74) is 1.16. The van der Waals surface area contributed by atoms with E-state index in [0.29, 0.717) is 18.2 Å². The first-order valence-corrected chi connectivity index (χ1v) is 6.51. The van der Waals surface area contributed by atoms with Gasteiger partial charge >= 0.3 is 5.97 Å². The number of anilines is 1. The molecule has 0 bridgehead atoms. The minimum Gasteiger partial charge on any atom is -0.489 e. The van der Waals surface area contributed by atoms with Crippen molar-refractivity contribution < 1.29 is 14.6 Å². The number of likely N-dealkylation sites (N-methyl/N-ethyl adjacent to an activating group) is 1. The minimum absolute atomic E-state index is 0.296. The summed E-state index contributed by atoms with van der Waals surface area (Å²) in [5, 5.41) is 12.2. The highest BCUT2D eigenvalue weighted by atomic mass is 16.5. The fourth-order valence-electron chi connectivity index (χ4n) is 2.33. The molecule has 0 aromatic heterocycles. The zero-order valence-electron chi connectivity index (χ0n) is 11.3. The Labute approximate surface area is 113 Å². The molecule has 2 N–H and O–H groups in total. The normalized spacial score (nSPS) is 17.8. The molecule has 0 saturated heterocycles. The fraction of sp³-hybridized carbons (Fsp3) is 0.500. The van der Waals surface area contributed by atoms with Crippen LogP contribution in [0.1, 0.15) is 23.2 Å². The van der Waals surface area contributed by atoms with Gasteiger partial charge in [-0.3, -0.25) is 0 Å². The highest BCUT2D eigenvalue weighted by molar-refractivity contribution is 5.89. The number of aromatic carboxylic acids is 1. The van der Waals surface area contributed by atoms with E-state index in [2.05, 4.69) is 10.2 Å². The lowest BCUT2D eigenvalue weighted by atomic mass is 10.1. The van der Waals surface area contributed by atoms with Gasteiger partial charge in [-0.05, 0) is 44.6 Å². The summed E-state index contributed by atoms with van der Waals surface area (Å²) < 4.78 is 5.72. The Morgan fingerprint density at radius 3 is 3.05 bits per heavy atom. The van der Waals surface area contributed by atoms with Crippen LogP contribution in [0.3, 0.4) is 0 Å². The number of rotatable bonds is 5. The number of benzene rings is 1. The quantitative estimate of drug-likeness (QED) is 0.791. The topological polar surface area (TPSA) is 61.8 Å². The average Bonchev–Trinajstić information content (AvgIpc) is 2.41. The number of ether oxygens (including phenoxy) is 1. The molecule has 5 nitrogen and oxygen atoms in total. The van der Waals surface area contributed by atoms with Crippen LogP contribution in [0.5, 0.6) is 5.75 Å². The lowest BCUT2D eigenvalue weighted by Gasteiger charge is -2.36. The number of carbonyl (C=O) groups is 1. The zero-order chi connectivity index (χ0) is 13.8. The van der Waals surface area contributed by atoms with E-state index in [9.17, 15) is 4.79 Å². The molecule has 1 unspecified atom stereocenters. The minimum atomic E-state index is -0.909. The molecule has 1 heterocycles. The van der Waals surface area contributed by atoms with Gasteiger partial charge in [0.2, 0.25) is 0 Å². The molecule has 0 spiro atoms. The summed E-state index contributed by atoms with van der Waals surface area (Å²) in [7, 11) is 3.94. The maximum atomic E-state index is 11.0. The number of carboxylic acids is 1. The molecule has 1 aliphatic rings. The lowest BCUT2D eigenvalue weighted by molar-refractivity contribution is 0.0697. The lowest BCUT2D eigenvalue weighted by Crippen LogP contribution is -2.40. The van der Waals surface area contributed by atoms with E-state index >= 15 is 0 Å². The monoisotopic (exact) mass is 264 g/mol. The van der Waals surface area contributed by atoms with Crippen LogP contribution in [-0.4, -0.2) is 44.4 Å². The van der Waals surface area contributed by atoms with Gasteiger partial charge in [0, 0.05) is 7.05 Å². The summed E-state index contributed by atoms with van der Waals surface area (Å²) in [6.07, 6.45) is 2.09. The summed E-state index contributed by atoms with van der Waals surface area (Å²) in [5.74, 6) is -0.147. The number of nitrogens with one attached hydrogen (secondary N) is 1. The number of hydrogen-bond acceptors (Lipinski definition) is 4. The van der Waals surface area contributed by atoms with Crippen molar-refractivity contribution in [3.05, 3.63) is 23.8 Å². The standard InChI is InChI=1S/C14H20N2O3/c1-15-7-3-4-11-9-19-13-6-5-10(14(17)18)8-12(13)16(11)2/h5-6,8,11,15H,3-4,7,9H2,1-2H3,(H,17,18). The molecule has 0 amide bonds. The van der Waals surface area contributed by atoms with Crippen molar-refractivity contribution in [1.29, 1.82) is 0 Å². The van der Waals surface area contributed by atoms with Crippen LogP contribution in [0, 0.1) is 0 Å². The number of fused-ring (bicyclic) bond motifs is 1. The van der Waals surface area contributed by atoms with Crippen molar-refractivity contribution >= 4 is 11.7 Å². The molecule has 1 aliphatic heterocycles. The third-order valence-corrected chi connectivity index (χ3v) is 3.53. The third-order valence-electron chi connectivity index (χ3n) is 3.53. The van der Waals surface area contributed by atoms with Crippen molar-refractivity contribution in [2.45, 2.75) is 18.9 Å². The number of hydrogen-bond donors (Lipinski definition) is 2. The first-order chi connectivity index (χ1) is 9.13. The van der Waals surface area contributed by atoms with Gasteiger partial charge in [0.25, 0.3) is 0 Å². The summed E-state index contributed by atoms with van der Waals surface area (Å²) in [4.78, 5) is 13.1.